The molecule has 0 saturated heterocycles. The van der Waals surface area contributed by atoms with Crippen LogP contribution in [0.2, 0.25) is 0 Å². The first-order valence-electron chi connectivity index (χ1n) is 4.36. The second kappa shape index (κ2) is 3.41. The average Bonchev–Trinajstić information content (AvgIpc) is 2.55. The number of fused-ring (bicyclic) bond motifs is 1. The number of carboxylic acid groups (broad SMARTS) is 1. The van der Waals surface area contributed by atoms with Crippen LogP contribution in [-0.4, -0.2) is 16.2 Å². The molecule has 0 spiro atoms. The summed E-state index contributed by atoms with van der Waals surface area (Å²) in [6.45, 7) is 0. The molecular weight excluding hydrogens is 241 g/mol. The van der Waals surface area contributed by atoms with Gasteiger partial charge in [0.2, 0.25) is 5.76 Å². The third-order valence-corrected chi connectivity index (χ3v) is 2.14. The molecule has 0 bridgehead atoms. The van der Waals surface area contributed by atoms with Gasteiger partial charge in [-0.25, -0.2) is 4.79 Å². The van der Waals surface area contributed by atoms with Gasteiger partial charge in [0.15, 0.2) is 0 Å². The van der Waals surface area contributed by atoms with Crippen LogP contribution in [0.25, 0.3) is 11.0 Å². The number of hydrogen-bond donors (Lipinski definition) is 2. The second-order valence-electron chi connectivity index (χ2n) is 3.29. The van der Waals surface area contributed by atoms with Crippen LogP contribution in [0.5, 0.6) is 5.75 Å². The zero-order valence-electron chi connectivity index (χ0n) is 8.08. The van der Waals surface area contributed by atoms with Crippen molar-refractivity contribution in [2.75, 3.05) is 0 Å². The lowest BCUT2D eigenvalue weighted by atomic mass is 10.1. The smallest absolute Gasteiger partial charge is 0.450 e. The highest BCUT2D eigenvalue weighted by molar-refractivity contribution is 6.04. The molecule has 90 valence electrons. The SMILES string of the molecule is O=C(O)c1c(C(F)(F)F)oc2ccc(O)cc12. The van der Waals surface area contributed by atoms with E-state index in [4.69, 9.17) is 10.2 Å². The molecule has 0 aliphatic rings. The second-order valence-corrected chi connectivity index (χ2v) is 3.29. The minimum absolute atomic E-state index is 0.243. The number of alkyl halides is 3. The fraction of sp³-hybridized carbons (Fsp3) is 0.100. The molecule has 0 amide bonds. The van der Waals surface area contributed by atoms with Gasteiger partial charge in [0, 0.05) is 5.39 Å². The fourth-order valence-electron chi connectivity index (χ4n) is 1.50. The number of phenols is 1. The van der Waals surface area contributed by atoms with Crippen molar-refractivity contribution >= 4 is 16.9 Å². The summed E-state index contributed by atoms with van der Waals surface area (Å²) in [6, 6.07) is 3.10. The Hall–Kier alpha value is -2.18. The largest absolute Gasteiger partial charge is 0.508 e. The van der Waals surface area contributed by atoms with Crippen LogP contribution in [0.4, 0.5) is 13.2 Å². The van der Waals surface area contributed by atoms with E-state index in [0.29, 0.717) is 0 Å². The number of aromatic carboxylic acids is 1. The number of hydrogen-bond acceptors (Lipinski definition) is 3. The first-order chi connectivity index (χ1) is 7.80. The predicted octanol–water partition coefficient (Wildman–Crippen LogP) is 2.86. The first kappa shape index (κ1) is 11.3. The summed E-state index contributed by atoms with van der Waals surface area (Å²) in [5.41, 5.74) is -1.24. The highest BCUT2D eigenvalue weighted by Gasteiger charge is 2.41. The number of aromatic hydroxyl groups is 1. The van der Waals surface area contributed by atoms with Gasteiger partial charge in [-0.1, -0.05) is 0 Å². The summed E-state index contributed by atoms with van der Waals surface area (Å²) in [5.74, 6) is -3.68. The number of benzene rings is 1. The molecule has 2 aromatic rings. The summed E-state index contributed by atoms with van der Waals surface area (Å²) in [4.78, 5) is 10.8. The van der Waals surface area contributed by atoms with Gasteiger partial charge in [0.1, 0.15) is 16.9 Å². The summed E-state index contributed by atoms with van der Waals surface area (Å²) < 4.78 is 42.0. The Labute approximate surface area is 91.9 Å². The molecule has 2 rings (SSSR count). The maximum absolute atomic E-state index is 12.5. The third kappa shape index (κ3) is 1.79. The Morgan fingerprint density at radius 1 is 1.29 bits per heavy atom. The average molecular weight is 246 g/mol. The number of halogens is 3. The molecule has 0 fully saturated rings. The molecule has 0 unspecified atom stereocenters. The molecule has 0 aliphatic carbocycles. The summed E-state index contributed by atoms with van der Waals surface area (Å²) in [5, 5.41) is 17.6. The van der Waals surface area contributed by atoms with Gasteiger partial charge < -0.3 is 14.6 Å². The molecule has 1 heterocycles. The van der Waals surface area contributed by atoms with Crippen molar-refractivity contribution in [3.8, 4) is 5.75 Å². The zero-order valence-corrected chi connectivity index (χ0v) is 8.08. The van der Waals surface area contributed by atoms with E-state index in [2.05, 4.69) is 4.42 Å². The molecule has 17 heavy (non-hydrogen) atoms. The van der Waals surface area contributed by atoms with Crippen LogP contribution in [-0.2, 0) is 6.18 Å². The minimum Gasteiger partial charge on any atom is -0.508 e. The van der Waals surface area contributed by atoms with Crippen molar-refractivity contribution in [1.82, 2.24) is 0 Å². The Bertz CT molecular complexity index is 597. The summed E-state index contributed by atoms with van der Waals surface area (Å²) >= 11 is 0. The highest BCUT2D eigenvalue weighted by Crippen LogP contribution is 2.38. The molecule has 0 atom stereocenters. The van der Waals surface area contributed by atoms with Gasteiger partial charge in [-0.3, -0.25) is 0 Å². The number of phenolic OH excluding ortho intramolecular Hbond substituents is 1. The van der Waals surface area contributed by atoms with E-state index >= 15 is 0 Å². The van der Waals surface area contributed by atoms with Gasteiger partial charge in [-0.05, 0) is 18.2 Å². The number of rotatable bonds is 1. The summed E-state index contributed by atoms with van der Waals surface area (Å²) in [7, 11) is 0. The van der Waals surface area contributed by atoms with Gasteiger partial charge in [-0.15, -0.1) is 0 Å². The summed E-state index contributed by atoms with van der Waals surface area (Å²) in [6.07, 6.45) is -4.90. The molecule has 1 aromatic heterocycles. The molecular formula is C10H5F3O4. The van der Waals surface area contributed by atoms with Crippen LogP contribution in [0.1, 0.15) is 16.1 Å². The van der Waals surface area contributed by atoms with Gasteiger partial charge in [0.25, 0.3) is 0 Å². The Morgan fingerprint density at radius 3 is 2.47 bits per heavy atom. The third-order valence-electron chi connectivity index (χ3n) is 2.14. The van der Waals surface area contributed by atoms with E-state index in [-0.39, 0.29) is 16.7 Å². The molecule has 0 saturated carbocycles. The number of furan rings is 1. The standard InChI is InChI=1S/C10H5F3O4/c11-10(12,13)8-7(9(15)16)5-3-4(14)1-2-6(5)17-8/h1-3,14H,(H,15,16). The molecule has 7 heteroatoms. The maximum atomic E-state index is 12.5. The Kier molecular flexibility index (Phi) is 2.27. The van der Waals surface area contributed by atoms with E-state index < -0.39 is 23.5 Å². The van der Waals surface area contributed by atoms with E-state index in [1.54, 1.807) is 0 Å². The topological polar surface area (TPSA) is 70.7 Å². The van der Waals surface area contributed by atoms with Crippen LogP contribution < -0.4 is 0 Å². The van der Waals surface area contributed by atoms with E-state index in [0.717, 1.165) is 18.2 Å². The van der Waals surface area contributed by atoms with Crippen LogP contribution in [0, 0.1) is 0 Å². The van der Waals surface area contributed by atoms with Crippen molar-refractivity contribution < 1.29 is 32.6 Å². The number of carbonyl (C=O) groups is 1. The van der Waals surface area contributed by atoms with Gasteiger partial charge >= 0.3 is 12.1 Å². The lowest BCUT2D eigenvalue weighted by Gasteiger charge is -2.02. The lowest BCUT2D eigenvalue weighted by Crippen LogP contribution is -2.10. The quantitative estimate of drug-likeness (QED) is 0.811. The van der Waals surface area contributed by atoms with E-state index in [1.807, 2.05) is 0 Å². The predicted molar refractivity (Wildman–Crippen MR) is 49.8 cm³/mol. The Morgan fingerprint density at radius 2 is 1.94 bits per heavy atom. The minimum atomic E-state index is -4.90. The van der Waals surface area contributed by atoms with Crippen LogP contribution >= 0.6 is 0 Å². The lowest BCUT2D eigenvalue weighted by molar-refractivity contribution is -0.152. The molecule has 0 aliphatic heterocycles. The van der Waals surface area contributed by atoms with Crippen molar-refractivity contribution in [3.05, 3.63) is 29.5 Å². The maximum Gasteiger partial charge on any atom is 0.450 e. The van der Waals surface area contributed by atoms with Crippen LogP contribution in [0.3, 0.4) is 0 Å². The molecule has 0 radical (unpaired) electrons. The normalized spacial score (nSPS) is 11.9. The fourth-order valence-corrected chi connectivity index (χ4v) is 1.50. The van der Waals surface area contributed by atoms with Gasteiger partial charge in [-0.2, -0.15) is 13.2 Å². The molecule has 4 nitrogen and oxygen atoms in total. The monoisotopic (exact) mass is 246 g/mol. The zero-order chi connectivity index (χ0) is 12.8. The van der Waals surface area contributed by atoms with E-state index in [1.165, 1.54) is 0 Å². The Balaban J connectivity index is 2.86. The molecule has 1 aromatic carbocycles. The van der Waals surface area contributed by atoms with Crippen molar-refractivity contribution in [1.29, 1.82) is 0 Å². The first-order valence-corrected chi connectivity index (χ1v) is 4.36. The van der Waals surface area contributed by atoms with Crippen molar-refractivity contribution in [3.63, 3.8) is 0 Å². The molecule has 2 N–H and O–H groups in total. The number of carboxylic acids is 1. The highest BCUT2D eigenvalue weighted by atomic mass is 19.4. The van der Waals surface area contributed by atoms with Crippen LogP contribution in [0.15, 0.2) is 22.6 Å². The van der Waals surface area contributed by atoms with Crippen molar-refractivity contribution in [2.45, 2.75) is 6.18 Å². The van der Waals surface area contributed by atoms with E-state index in [9.17, 15) is 18.0 Å². The van der Waals surface area contributed by atoms with Crippen molar-refractivity contribution in [2.24, 2.45) is 0 Å². The van der Waals surface area contributed by atoms with Gasteiger partial charge in [0.05, 0.1) is 0 Å².